The van der Waals surface area contributed by atoms with Gasteiger partial charge in [-0.1, -0.05) is 0 Å². The Labute approximate surface area is 129 Å². The lowest BCUT2D eigenvalue weighted by Gasteiger charge is -2.32. The number of amides is 1. The number of carbonyl (C=O) groups is 1. The molecule has 1 aliphatic heterocycles. The molecule has 2 N–H and O–H groups in total. The first-order valence-electron chi connectivity index (χ1n) is 7.21. The van der Waals surface area contributed by atoms with E-state index in [0.29, 0.717) is 6.04 Å². The Bertz CT molecular complexity index is 329. The number of likely N-dealkylation sites (tertiary alicyclic amines) is 1. The minimum Gasteiger partial charge on any atom is -0.346 e. The summed E-state index contributed by atoms with van der Waals surface area (Å²) in [6.07, 6.45) is 0.227. The van der Waals surface area contributed by atoms with Crippen LogP contribution in [0, 0.1) is 5.92 Å². The van der Waals surface area contributed by atoms with Crippen molar-refractivity contribution in [3.05, 3.63) is 0 Å². The van der Waals surface area contributed by atoms with Gasteiger partial charge in [-0.25, -0.2) is 0 Å². The van der Waals surface area contributed by atoms with Crippen LogP contribution < -0.4 is 10.6 Å². The average molecular weight is 330 g/mol. The van der Waals surface area contributed by atoms with Crippen LogP contribution in [-0.4, -0.2) is 55.7 Å². The number of rotatable bonds is 6. The summed E-state index contributed by atoms with van der Waals surface area (Å²) in [5.74, 6) is 0.299. The predicted octanol–water partition coefficient (Wildman–Crippen LogP) is 1.55. The van der Waals surface area contributed by atoms with Gasteiger partial charge in [-0.05, 0) is 38.1 Å². The summed E-state index contributed by atoms with van der Waals surface area (Å²) >= 11 is 0. The van der Waals surface area contributed by atoms with Crippen molar-refractivity contribution in [1.29, 1.82) is 0 Å². The Morgan fingerprint density at radius 2 is 1.76 bits per heavy atom. The largest absolute Gasteiger partial charge is 0.405 e. The minimum absolute atomic E-state index is 0. The van der Waals surface area contributed by atoms with E-state index in [0.717, 1.165) is 38.4 Å². The van der Waals surface area contributed by atoms with Crippen molar-refractivity contribution in [2.75, 3.05) is 32.7 Å². The van der Waals surface area contributed by atoms with Gasteiger partial charge in [-0.3, -0.25) is 9.69 Å². The lowest BCUT2D eigenvalue weighted by molar-refractivity contribution is -0.139. The van der Waals surface area contributed by atoms with E-state index in [-0.39, 0.29) is 19.0 Å². The zero-order valence-electron chi connectivity index (χ0n) is 11.9. The van der Waals surface area contributed by atoms with Crippen LogP contribution in [0.5, 0.6) is 0 Å². The van der Waals surface area contributed by atoms with Crippen LogP contribution in [0.2, 0.25) is 0 Å². The third kappa shape index (κ3) is 7.87. The number of hydrogen-bond acceptors (Lipinski definition) is 3. The fourth-order valence-corrected chi connectivity index (χ4v) is 2.41. The molecule has 1 saturated carbocycles. The van der Waals surface area contributed by atoms with Crippen LogP contribution in [0.25, 0.3) is 0 Å². The highest BCUT2D eigenvalue weighted by atomic mass is 35.5. The molecule has 2 rings (SSSR count). The summed E-state index contributed by atoms with van der Waals surface area (Å²) in [5, 5.41) is 5.43. The van der Waals surface area contributed by atoms with Crippen molar-refractivity contribution in [2.24, 2.45) is 5.92 Å². The lowest BCUT2D eigenvalue weighted by Crippen LogP contribution is -2.47. The van der Waals surface area contributed by atoms with Crippen LogP contribution in [0.15, 0.2) is 0 Å². The van der Waals surface area contributed by atoms with Gasteiger partial charge in [0.25, 0.3) is 0 Å². The minimum atomic E-state index is -4.34. The Morgan fingerprint density at radius 1 is 1.14 bits per heavy atom. The van der Waals surface area contributed by atoms with Gasteiger partial charge in [0.2, 0.25) is 5.91 Å². The van der Waals surface area contributed by atoms with E-state index >= 15 is 0 Å². The molecule has 0 atom stereocenters. The molecule has 21 heavy (non-hydrogen) atoms. The number of carbonyl (C=O) groups excluding carboxylic acids is 1. The van der Waals surface area contributed by atoms with Crippen molar-refractivity contribution in [3.63, 3.8) is 0 Å². The van der Waals surface area contributed by atoms with Crippen molar-refractivity contribution in [2.45, 2.75) is 37.9 Å². The van der Waals surface area contributed by atoms with Crippen LogP contribution in [0.1, 0.15) is 25.7 Å². The molecule has 2 fully saturated rings. The molecule has 2 aliphatic rings. The first-order valence-corrected chi connectivity index (χ1v) is 7.21. The molecule has 0 aromatic heterocycles. The van der Waals surface area contributed by atoms with Crippen molar-refractivity contribution < 1.29 is 18.0 Å². The Morgan fingerprint density at radius 3 is 2.29 bits per heavy atom. The molecule has 4 nitrogen and oxygen atoms in total. The van der Waals surface area contributed by atoms with Crippen LogP contribution in [-0.2, 0) is 4.79 Å². The quantitative estimate of drug-likeness (QED) is 0.777. The van der Waals surface area contributed by atoms with Crippen LogP contribution >= 0.6 is 12.4 Å². The number of alkyl halides is 3. The maximum atomic E-state index is 12.0. The average Bonchev–Trinajstić information content (AvgIpc) is 3.19. The zero-order valence-corrected chi connectivity index (χ0v) is 12.7. The summed E-state index contributed by atoms with van der Waals surface area (Å²) in [5.41, 5.74) is 0. The van der Waals surface area contributed by atoms with Gasteiger partial charge < -0.3 is 10.6 Å². The molecular formula is C13H23ClF3N3O. The number of nitrogens with zero attached hydrogens (tertiary/aromatic N) is 1. The number of piperidine rings is 1. The summed E-state index contributed by atoms with van der Waals surface area (Å²) in [4.78, 5) is 13.3. The summed E-state index contributed by atoms with van der Waals surface area (Å²) in [6, 6.07) is 0.491. The molecule has 0 spiro atoms. The van der Waals surface area contributed by atoms with Gasteiger partial charge in [0.1, 0.15) is 6.54 Å². The third-order valence-corrected chi connectivity index (χ3v) is 3.83. The zero-order chi connectivity index (χ0) is 14.6. The van der Waals surface area contributed by atoms with E-state index in [1.807, 2.05) is 10.2 Å². The standard InChI is InChI=1S/C13H22F3N3O.ClH/c14-13(15,16)9-18-12(20)8-19-5-3-11(4-6-19)17-7-10-1-2-10;/h10-11,17H,1-9H2,(H,18,20);1H. The maximum absolute atomic E-state index is 12.0. The molecule has 1 saturated heterocycles. The molecular weight excluding hydrogens is 307 g/mol. The van der Waals surface area contributed by atoms with Crippen molar-refractivity contribution in [3.8, 4) is 0 Å². The van der Waals surface area contributed by atoms with Gasteiger partial charge in [0, 0.05) is 19.1 Å². The smallest absolute Gasteiger partial charge is 0.346 e. The first-order chi connectivity index (χ1) is 9.42. The molecule has 0 radical (unpaired) electrons. The highest BCUT2D eigenvalue weighted by Crippen LogP contribution is 2.28. The maximum Gasteiger partial charge on any atom is 0.405 e. The molecule has 0 bridgehead atoms. The second kappa shape index (κ2) is 8.19. The molecule has 0 unspecified atom stereocenters. The van der Waals surface area contributed by atoms with E-state index in [1.165, 1.54) is 12.8 Å². The number of halogens is 4. The fourth-order valence-electron chi connectivity index (χ4n) is 2.41. The van der Waals surface area contributed by atoms with Crippen molar-refractivity contribution >= 4 is 18.3 Å². The monoisotopic (exact) mass is 329 g/mol. The molecule has 1 amide bonds. The molecule has 8 heteroatoms. The summed E-state index contributed by atoms with van der Waals surface area (Å²) in [6.45, 7) is 1.43. The van der Waals surface area contributed by atoms with Gasteiger partial charge in [-0.15, -0.1) is 12.4 Å². The van der Waals surface area contributed by atoms with Gasteiger partial charge in [0.05, 0.1) is 6.54 Å². The SMILES string of the molecule is Cl.O=C(CN1CCC(NCC2CC2)CC1)NCC(F)(F)F. The Kier molecular flexibility index (Phi) is 7.23. The fraction of sp³-hybridized carbons (Fsp3) is 0.923. The topological polar surface area (TPSA) is 44.4 Å². The Balaban J connectivity index is 0.00000220. The molecule has 0 aromatic carbocycles. The predicted molar refractivity (Wildman–Crippen MR) is 76.5 cm³/mol. The second-order valence-corrected chi connectivity index (χ2v) is 5.79. The molecule has 1 heterocycles. The second-order valence-electron chi connectivity index (χ2n) is 5.79. The summed E-state index contributed by atoms with van der Waals surface area (Å²) in [7, 11) is 0. The van der Waals surface area contributed by atoms with Gasteiger partial charge >= 0.3 is 6.18 Å². The normalized spacial score (nSPS) is 20.9. The lowest BCUT2D eigenvalue weighted by atomic mass is 10.0. The highest BCUT2D eigenvalue weighted by molar-refractivity contribution is 5.85. The first kappa shape index (κ1) is 18.5. The molecule has 124 valence electrons. The summed E-state index contributed by atoms with van der Waals surface area (Å²) < 4.78 is 35.9. The van der Waals surface area contributed by atoms with Gasteiger partial charge in [-0.2, -0.15) is 13.2 Å². The van der Waals surface area contributed by atoms with E-state index in [9.17, 15) is 18.0 Å². The van der Waals surface area contributed by atoms with Crippen molar-refractivity contribution in [1.82, 2.24) is 15.5 Å². The number of nitrogens with one attached hydrogen (secondary N) is 2. The van der Waals surface area contributed by atoms with Gasteiger partial charge in [0.15, 0.2) is 0 Å². The molecule has 1 aliphatic carbocycles. The highest BCUT2D eigenvalue weighted by Gasteiger charge is 2.28. The Hall–Kier alpha value is -0.530. The van der Waals surface area contributed by atoms with E-state index in [1.54, 1.807) is 0 Å². The third-order valence-electron chi connectivity index (χ3n) is 3.83. The van der Waals surface area contributed by atoms with Crippen LogP contribution in [0.3, 0.4) is 0 Å². The van der Waals surface area contributed by atoms with E-state index in [4.69, 9.17) is 0 Å². The van der Waals surface area contributed by atoms with Crippen LogP contribution in [0.4, 0.5) is 13.2 Å². The number of hydrogen-bond donors (Lipinski definition) is 2. The van der Waals surface area contributed by atoms with E-state index < -0.39 is 18.6 Å². The molecule has 0 aromatic rings. The van der Waals surface area contributed by atoms with E-state index in [2.05, 4.69) is 5.32 Å².